The molecule has 0 aliphatic carbocycles. The number of rotatable bonds is 4. The second kappa shape index (κ2) is 3.79. The van der Waals surface area contributed by atoms with Gasteiger partial charge in [0.25, 0.3) is 0 Å². The normalized spacial score (nSPS) is 11.5. The van der Waals surface area contributed by atoms with Gasteiger partial charge >= 0.3 is 5.97 Å². The molecule has 0 amide bonds. The molecule has 0 fully saturated rings. The van der Waals surface area contributed by atoms with E-state index >= 15 is 0 Å². The van der Waals surface area contributed by atoms with Crippen LogP contribution >= 0.6 is 0 Å². The van der Waals surface area contributed by atoms with Crippen molar-refractivity contribution in [3.8, 4) is 0 Å². The van der Waals surface area contributed by atoms with Gasteiger partial charge in [0.2, 0.25) is 0 Å². The van der Waals surface area contributed by atoms with Crippen LogP contribution in [0.15, 0.2) is 10.7 Å². The fourth-order valence-corrected chi connectivity index (χ4v) is 1.66. The van der Waals surface area contributed by atoms with E-state index in [-0.39, 0.29) is 17.1 Å². The van der Waals surface area contributed by atoms with E-state index in [2.05, 4.69) is 9.68 Å². The molecule has 1 N–H and O–H groups in total. The van der Waals surface area contributed by atoms with Crippen molar-refractivity contribution in [3.05, 3.63) is 17.5 Å². The first kappa shape index (κ1) is 10.7. The Morgan fingerprint density at radius 3 is 2.79 bits per heavy atom. The molecule has 14 heavy (non-hydrogen) atoms. The van der Waals surface area contributed by atoms with Gasteiger partial charge in [-0.15, -0.1) is 0 Å². The summed E-state index contributed by atoms with van der Waals surface area (Å²) in [6, 6.07) is 0. The smallest absolute Gasteiger partial charge is 0.341 e. The highest BCUT2D eigenvalue weighted by atomic mass is 32.2. The van der Waals surface area contributed by atoms with Gasteiger partial charge in [0.15, 0.2) is 15.6 Å². The summed E-state index contributed by atoms with van der Waals surface area (Å²) >= 11 is 0. The summed E-state index contributed by atoms with van der Waals surface area (Å²) in [5.41, 5.74) is -0.206. The first-order valence-electron chi connectivity index (χ1n) is 3.83. The predicted molar refractivity (Wildman–Crippen MR) is 46.6 cm³/mol. The minimum absolute atomic E-state index is 0.0627. The Kier molecular flexibility index (Phi) is 2.90. The van der Waals surface area contributed by atoms with E-state index in [0.717, 1.165) is 6.20 Å². The quantitative estimate of drug-likeness (QED) is 0.782. The van der Waals surface area contributed by atoms with E-state index in [4.69, 9.17) is 5.11 Å². The molecular weight excluding hydrogens is 210 g/mol. The van der Waals surface area contributed by atoms with Crippen molar-refractivity contribution in [2.75, 3.05) is 5.75 Å². The van der Waals surface area contributed by atoms with Crippen molar-refractivity contribution in [1.82, 2.24) is 5.16 Å². The topological polar surface area (TPSA) is 97.5 Å². The van der Waals surface area contributed by atoms with Crippen LogP contribution in [0.3, 0.4) is 0 Å². The van der Waals surface area contributed by atoms with Crippen LogP contribution in [-0.2, 0) is 15.6 Å². The standard InChI is InChI=1S/C7H9NO5S/c1-2-14(11,12)4-6-5(7(9)10)3-8-13-6/h3H,2,4H2,1H3,(H,9,10). The van der Waals surface area contributed by atoms with Gasteiger partial charge in [-0.3, -0.25) is 0 Å². The lowest BCUT2D eigenvalue weighted by Crippen LogP contribution is -2.09. The first-order valence-corrected chi connectivity index (χ1v) is 5.65. The number of hydrogen-bond acceptors (Lipinski definition) is 5. The van der Waals surface area contributed by atoms with Gasteiger partial charge in [0.05, 0.1) is 6.20 Å². The lowest BCUT2D eigenvalue weighted by atomic mass is 10.3. The number of hydrogen-bond donors (Lipinski definition) is 1. The molecule has 0 bridgehead atoms. The molecular formula is C7H9NO5S. The van der Waals surface area contributed by atoms with Crippen LogP contribution in [0.1, 0.15) is 23.0 Å². The molecule has 0 radical (unpaired) electrons. The van der Waals surface area contributed by atoms with Gasteiger partial charge in [-0.25, -0.2) is 13.2 Å². The van der Waals surface area contributed by atoms with Crippen molar-refractivity contribution < 1.29 is 22.8 Å². The molecule has 78 valence electrons. The second-order valence-corrected chi connectivity index (χ2v) is 5.00. The molecule has 0 spiro atoms. The number of sulfone groups is 1. The van der Waals surface area contributed by atoms with Crippen LogP contribution in [0.4, 0.5) is 0 Å². The number of carbonyl (C=O) groups is 1. The third kappa shape index (κ3) is 2.32. The molecule has 0 saturated carbocycles. The fourth-order valence-electron chi connectivity index (χ4n) is 0.844. The van der Waals surface area contributed by atoms with Crippen molar-refractivity contribution in [3.63, 3.8) is 0 Å². The van der Waals surface area contributed by atoms with Gasteiger partial charge in [0.1, 0.15) is 11.3 Å². The zero-order valence-corrected chi connectivity index (χ0v) is 8.24. The Hall–Kier alpha value is -1.37. The van der Waals surface area contributed by atoms with Gasteiger partial charge in [-0.1, -0.05) is 12.1 Å². The Labute approximate surface area is 80.4 Å². The molecule has 0 aliphatic rings. The number of carboxylic acids is 1. The third-order valence-electron chi connectivity index (χ3n) is 1.67. The molecule has 7 heteroatoms. The van der Waals surface area contributed by atoms with Gasteiger partial charge < -0.3 is 9.63 Å². The molecule has 1 aromatic heterocycles. The molecule has 1 aromatic rings. The molecule has 0 atom stereocenters. The number of aromatic nitrogens is 1. The van der Waals surface area contributed by atoms with Crippen molar-refractivity contribution in [2.24, 2.45) is 0 Å². The Bertz CT molecular complexity index is 433. The van der Waals surface area contributed by atoms with E-state index in [0.29, 0.717) is 0 Å². The van der Waals surface area contributed by atoms with Crippen LogP contribution in [0, 0.1) is 0 Å². The summed E-state index contributed by atoms with van der Waals surface area (Å²) in [4.78, 5) is 10.6. The van der Waals surface area contributed by atoms with Crippen molar-refractivity contribution in [1.29, 1.82) is 0 Å². The molecule has 0 aromatic carbocycles. The summed E-state index contributed by atoms with van der Waals surface area (Å²) in [7, 11) is -3.30. The van der Waals surface area contributed by atoms with Crippen LogP contribution in [-0.4, -0.2) is 30.4 Å². The molecule has 0 aliphatic heterocycles. The van der Waals surface area contributed by atoms with Gasteiger partial charge in [-0.05, 0) is 0 Å². The molecule has 0 unspecified atom stereocenters. The SMILES string of the molecule is CCS(=O)(=O)Cc1oncc1C(=O)O. The van der Waals surface area contributed by atoms with Crippen LogP contribution in [0.2, 0.25) is 0 Å². The van der Waals surface area contributed by atoms with Gasteiger partial charge in [-0.2, -0.15) is 0 Å². The number of carboxylic acid groups (broad SMARTS) is 1. The molecule has 6 nitrogen and oxygen atoms in total. The number of aromatic carboxylic acids is 1. The maximum Gasteiger partial charge on any atom is 0.341 e. The molecule has 0 saturated heterocycles. The van der Waals surface area contributed by atoms with E-state index in [1.807, 2.05) is 0 Å². The van der Waals surface area contributed by atoms with E-state index < -0.39 is 21.6 Å². The van der Waals surface area contributed by atoms with Crippen LogP contribution in [0.25, 0.3) is 0 Å². The Morgan fingerprint density at radius 2 is 2.29 bits per heavy atom. The lowest BCUT2D eigenvalue weighted by Gasteiger charge is -1.97. The fraction of sp³-hybridized carbons (Fsp3) is 0.429. The molecule has 1 rings (SSSR count). The first-order chi connectivity index (χ1) is 6.46. The summed E-state index contributed by atoms with van der Waals surface area (Å²) < 4.78 is 26.9. The average Bonchev–Trinajstić information content (AvgIpc) is 2.51. The van der Waals surface area contributed by atoms with E-state index in [1.54, 1.807) is 0 Å². The lowest BCUT2D eigenvalue weighted by molar-refractivity contribution is 0.0695. The van der Waals surface area contributed by atoms with Crippen molar-refractivity contribution in [2.45, 2.75) is 12.7 Å². The van der Waals surface area contributed by atoms with Crippen molar-refractivity contribution >= 4 is 15.8 Å². The van der Waals surface area contributed by atoms with E-state index in [9.17, 15) is 13.2 Å². The highest BCUT2D eigenvalue weighted by molar-refractivity contribution is 7.90. The highest BCUT2D eigenvalue weighted by Gasteiger charge is 2.20. The van der Waals surface area contributed by atoms with Gasteiger partial charge in [0, 0.05) is 5.75 Å². The van der Waals surface area contributed by atoms with E-state index in [1.165, 1.54) is 6.92 Å². The summed E-state index contributed by atoms with van der Waals surface area (Å²) in [6.07, 6.45) is 0.989. The average molecular weight is 219 g/mol. The van der Waals surface area contributed by atoms with Crippen LogP contribution < -0.4 is 0 Å². The largest absolute Gasteiger partial charge is 0.478 e. The zero-order valence-electron chi connectivity index (χ0n) is 7.43. The zero-order chi connectivity index (χ0) is 10.8. The summed E-state index contributed by atoms with van der Waals surface area (Å²) in [5, 5.41) is 11.9. The monoisotopic (exact) mass is 219 g/mol. The predicted octanol–water partition coefficient (Wildman–Crippen LogP) is 0.308. The maximum atomic E-state index is 11.2. The minimum atomic E-state index is -3.30. The highest BCUT2D eigenvalue weighted by Crippen LogP contribution is 2.12. The second-order valence-electron chi connectivity index (χ2n) is 2.64. The molecule has 1 heterocycles. The maximum absolute atomic E-state index is 11.2. The van der Waals surface area contributed by atoms with Crippen LogP contribution in [0.5, 0.6) is 0 Å². The third-order valence-corrected chi connectivity index (χ3v) is 3.25. The number of nitrogens with zero attached hydrogens (tertiary/aromatic N) is 1. The Morgan fingerprint density at radius 1 is 1.64 bits per heavy atom. The summed E-state index contributed by atoms with van der Waals surface area (Å²) in [5.74, 6) is -1.86. The summed E-state index contributed by atoms with van der Waals surface area (Å²) in [6.45, 7) is 1.48. The minimum Gasteiger partial charge on any atom is -0.478 e. The Balaban J connectivity index is 2.98.